The molecule has 1 N–H and O–H groups in total. The van der Waals surface area contributed by atoms with Crippen molar-refractivity contribution in [1.82, 2.24) is 10.2 Å². The molecule has 1 aliphatic heterocycles. The summed E-state index contributed by atoms with van der Waals surface area (Å²) in [6.45, 7) is 6.20. The van der Waals surface area contributed by atoms with Gasteiger partial charge in [-0.25, -0.2) is 0 Å². The zero-order valence-corrected chi connectivity index (χ0v) is 19.6. The predicted molar refractivity (Wildman–Crippen MR) is 118 cm³/mol. The van der Waals surface area contributed by atoms with E-state index in [0.29, 0.717) is 6.42 Å². The van der Waals surface area contributed by atoms with Crippen LogP contribution in [0.15, 0.2) is 27.9 Å². The summed E-state index contributed by atoms with van der Waals surface area (Å²) in [5, 5.41) is 15.4. The van der Waals surface area contributed by atoms with Crippen LogP contribution in [-0.2, 0) is 16.4 Å². The van der Waals surface area contributed by atoms with Crippen molar-refractivity contribution < 1.29 is 21.6 Å². The smallest absolute Gasteiger partial charge is 0.365 e. The monoisotopic (exact) mass is 490 g/mol. The number of hydrogen-bond acceptors (Lipinski definition) is 8. The van der Waals surface area contributed by atoms with Crippen molar-refractivity contribution >= 4 is 43.6 Å². The lowest BCUT2D eigenvalue weighted by atomic mass is 9.90. The van der Waals surface area contributed by atoms with Crippen LogP contribution in [-0.4, -0.2) is 36.2 Å². The van der Waals surface area contributed by atoms with Gasteiger partial charge in [-0.15, -0.1) is 20.4 Å². The third-order valence-corrected chi connectivity index (χ3v) is 7.24. The van der Waals surface area contributed by atoms with Crippen molar-refractivity contribution in [2.24, 2.45) is 10.2 Å². The molecule has 1 aromatic heterocycles. The van der Waals surface area contributed by atoms with Crippen molar-refractivity contribution in [3.8, 4) is 0 Å². The molecule has 176 valence electrons. The number of aryl methyl sites for hydroxylation is 1. The number of benzene rings is 1. The fraction of sp³-hybridized carbons (Fsp3) is 0.579. The third-order valence-electron chi connectivity index (χ3n) is 5.56. The van der Waals surface area contributed by atoms with Gasteiger partial charge in [0.15, 0.2) is 0 Å². The SMILES string of the molecule is CCC(CC)N1c2cc(NS(=O)(=O)C(F)(F)F)c(N=Nc3nncs3)cc2CCC1CC. The van der Waals surface area contributed by atoms with Crippen LogP contribution in [0.4, 0.5) is 35.4 Å². The van der Waals surface area contributed by atoms with Crippen LogP contribution in [0, 0.1) is 0 Å². The van der Waals surface area contributed by atoms with E-state index in [1.54, 1.807) is 10.8 Å². The van der Waals surface area contributed by atoms with Crippen molar-refractivity contribution in [3.63, 3.8) is 0 Å². The summed E-state index contributed by atoms with van der Waals surface area (Å²) >= 11 is 1.10. The summed E-state index contributed by atoms with van der Waals surface area (Å²) in [6.07, 6.45) is 4.18. The van der Waals surface area contributed by atoms with Crippen molar-refractivity contribution in [2.45, 2.75) is 70.5 Å². The van der Waals surface area contributed by atoms with E-state index >= 15 is 0 Å². The maximum atomic E-state index is 13.1. The molecule has 0 bridgehead atoms. The summed E-state index contributed by atoms with van der Waals surface area (Å²) in [4.78, 5) is 2.22. The average Bonchev–Trinajstić information content (AvgIpc) is 3.26. The topological polar surface area (TPSA) is 99.9 Å². The van der Waals surface area contributed by atoms with Crippen molar-refractivity contribution in [2.75, 3.05) is 9.62 Å². The minimum Gasteiger partial charge on any atom is -0.365 e. The van der Waals surface area contributed by atoms with E-state index in [2.05, 4.69) is 46.1 Å². The summed E-state index contributed by atoms with van der Waals surface area (Å²) in [6, 6.07) is 3.45. The maximum absolute atomic E-state index is 13.1. The number of nitrogens with one attached hydrogen (secondary N) is 1. The number of halogens is 3. The standard InChI is InChI=1S/C19H25F3N6O2S2/c1-4-13(5-2)28-14(6-3)8-7-12-9-15(24-26-18-25-23-11-31-18)16(10-17(12)28)27-32(29,30)19(20,21)22/h9-11,13-14,27H,4-8H2,1-3H3. The fourth-order valence-corrected chi connectivity index (χ4v) is 4.91. The molecular weight excluding hydrogens is 465 g/mol. The second-order valence-electron chi connectivity index (χ2n) is 7.45. The van der Waals surface area contributed by atoms with Crippen LogP contribution in [0.2, 0.25) is 0 Å². The quantitative estimate of drug-likeness (QED) is 0.462. The molecule has 32 heavy (non-hydrogen) atoms. The van der Waals surface area contributed by atoms with E-state index in [1.807, 2.05) is 0 Å². The fourth-order valence-electron chi connectivity index (χ4n) is 3.97. The second-order valence-corrected chi connectivity index (χ2v) is 9.93. The van der Waals surface area contributed by atoms with E-state index in [-0.39, 0.29) is 28.6 Å². The molecule has 0 amide bonds. The zero-order valence-electron chi connectivity index (χ0n) is 17.9. The molecule has 2 heterocycles. The predicted octanol–water partition coefficient (Wildman–Crippen LogP) is 5.93. The Labute approximate surface area is 189 Å². The zero-order chi connectivity index (χ0) is 23.5. The minimum absolute atomic E-state index is 0.00813. The molecule has 1 aliphatic rings. The number of sulfonamides is 1. The minimum atomic E-state index is -5.64. The van der Waals surface area contributed by atoms with Gasteiger partial charge < -0.3 is 4.90 Å². The van der Waals surface area contributed by atoms with Crippen LogP contribution in [0.5, 0.6) is 0 Å². The average molecular weight is 491 g/mol. The van der Waals surface area contributed by atoms with Crippen molar-refractivity contribution in [3.05, 3.63) is 23.2 Å². The molecule has 13 heteroatoms. The largest absolute Gasteiger partial charge is 0.516 e. The highest BCUT2D eigenvalue weighted by Crippen LogP contribution is 2.42. The molecular formula is C19H25F3N6O2S2. The first-order chi connectivity index (χ1) is 15.1. The van der Waals surface area contributed by atoms with Crippen LogP contribution in [0.1, 0.15) is 52.0 Å². The Morgan fingerprint density at radius 1 is 1.25 bits per heavy atom. The molecule has 0 aliphatic carbocycles. The molecule has 2 aromatic rings. The van der Waals surface area contributed by atoms with Gasteiger partial charge in [0.2, 0.25) is 0 Å². The van der Waals surface area contributed by atoms with Crippen LogP contribution >= 0.6 is 11.3 Å². The van der Waals surface area contributed by atoms with Crippen LogP contribution in [0.3, 0.4) is 0 Å². The summed E-state index contributed by atoms with van der Waals surface area (Å²) < 4.78 is 64.7. The molecule has 8 nitrogen and oxygen atoms in total. The normalized spacial score (nSPS) is 17.2. The van der Waals surface area contributed by atoms with Gasteiger partial charge in [0.1, 0.15) is 11.2 Å². The number of aromatic nitrogens is 2. The van der Waals surface area contributed by atoms with E-state index < -0.39 is 15.5 Å². The molecule has 0 radical (unpaired) electrons. The highest BCUT2D eigenvalue weighted by atomic mass is 32.2. The number of nitrogens with zero attached hydrogens (tertiary/aromatic N) is 5. The highest BCUT2D eigenvalue weighted by molar-refractivity contribution is 7.93. The number of alkyl halides is 3. The highest BCUT2D eigenvalue weighted by Gasteiger charge is 2.46. The van der Waals surface area contributed by atoms with Crippen molar-refractivity contribution in [1.29, 1.82) is 0 Å². The van der Waals surface area contributed by atoms with E-state index in [9.17, 15) is 21.6 Å². The molecule has 0 spiro atoms. The van der Waals surface area contributed by atoms with Gasteiger partial charge in [-0.3, -0.25) is 4.72 Å². The van der Waals surface area contributed by atoms with E-state index in [0.717, 1.165) is 48.3 Å². The van der Waals surface area contributed by atoms with Gasteiger partial charge in [-0.05, 0) is 49.8 Å². The second kappa shape index (κ2) is 9.69. The Morgan fingerprint density at radius 2 is 1.97 bits per heavy atom. The third kappa shape index (κ3) is 5.03. The summed E-state index contributed by atoms with van der Waals surface area (Å²) in [5.74, 6) is 0. The molecule has 0 saturated carbocycles. The molecule has 1 unspecified atom stereocenters. The lowest BCUT2D eigenvalue weighted by molar-refractivity contribution is -0.0429. The summed E-state index contributed by atoms with van der Waals surface area (Å²) in [5.41, 5.74) is -2.69. The first kappa shape index (κ1) is 24.4. The molecule has 3 rings (SSSR count). The maximum Gasteiger partial charge on any atom is 0.516 e. The van der Waals surface area contributed by atoms with Gasteiger partial charge in [-0.1, -0.05) is 32.1 Å². The Morgan fingerprint density at radius 3 is 2.53 bits per heavy atom. The first-order valence-electron chi connectivity index (χ1n) is 10.3. The molecule has 1 atom stereocenters. The molecule has 1 aromatic carbocycles. The number of anilines is 2. The van der Waals surface area contributed by atoms with Gasteiger partial charge in [-0.2, -0.15) is 21.6 Å². The van der Waals surface area contributed by atoms with Crippen LogP contribution in [0.25, 0.3) is 0 Å². The lowest BCUT2D eigenvalue weighted by Gasteiger charge is -2.44. The summed E-state index contributed by atoms with van der Waals surface area (Å²) in [7, 11) is -5.64. The number of fused-ring (bicyclic) bond motifs is 1. The Bertz CT molecular complexity index is 1050. The van der Waals surface area contributed by atoms with Gasteiger partial charge in [0.05, 0.1) is 5.69 Å². The lowest BCUT2D eigenvalue weighted by Crippen LogP contribution is -2.45. The Kier molecular flexibility index (Phi) is 7.38. The van der Waals surface area contributed by atoms with Gasteiger partial charge >= 0.3 is 15.5 Å². The Hall–Kier alpha value is -2.28. The van der Waals surface area contributed by atoms with E-state index in [4.69, 9.17) is 0 Å². The number of rotatable bonds is 8. The van der Waals surface area contributed by atoms with E-state index in [1.165, 1.54) is 11.6 Å². The number of azo groups is 1. The number of hydrogen-bond donors (Lipinski definition) is 1. The van der Waals surface area contributed by atoms with Gasteiger partial charge in [0, 0.05) is 17.8 Å². The first-order valence-corrected chi connectivity index (χ1v) is 12.7. The molecule has 0 fully saturated rings. The van der Waals surface area contributed by atoms with Crippen LogP contribution < -0.4 is 9.62 Å². The Balaban J connectivity index is 2.14. The van der Waals surface area contributed by atoms with Gasteiger partial charge in [0.25, 0.3) is 5.13 Å². The molecule has 0 saturated heterocycles.